The molecule has 2 nitrogen and oxygen atoms in total. The molecule has 1 aliphatic rings. The van der Waals surface area contributed by atoms with E-state index in [1.165, 1.54) is 44.5 Å². The van der Waals surface area contributed by atoms with Crippen LogP contribution in [0.3, 0.4) is 0 Å². The van der Waals surface area contributed by atoms with Crippen LogP contribution in [0.25, 0.3) is 0 Å². The third-order valence-electron chi connectivity index (χ3n) is 3.46. The number of likely N-dealkylation sites (tertiary alicyclic amines) is 1. The van der Waals surface area contributed by atoms with Crippen molar-refractivity contribution in [2.24, 2.45) is 0 Å². The van der Waals surface area contributed by atoms with Crippen molar-refractivity contribution in [3.63, 3.8) is 0 Å². The third-order valence-corrected chi connectivity index (χ3v) is 3.46. The minimum atomic E-state index is -0.162. The van der Waals surface area contributed by atoms with Gasteiger partial charge in [0.25, 0.3) is 0 Å². The van der Waals surface area contributed by atoms with Crippen molar-refractivity contribution in [2.75, 3.05) is 20.1 Å². The Morgan fingerprint density at radius 1 is 1.24 bits per heavy atom. The summed E-state index contributed by atoms with van der Waals surface area (Å²) in [5, 5.41) is 3.57. The number of rotatable bonds is 3. The van der Waals surface area contributed by atoms with Crippen LogP contribution >= 0.6 is 0 Å². The van der Waals surface area contributed by atoms with Crippen molar-refractivity contribution in [2.45, 2.75) is 31.8 Å². The highest BCUT2D eigenvalue weighted by Crippen LogP contribution is 2.10. The van der Waals surface area contributed by atoms with Crippen molar-refractivity contribution < 1.29 is 4.39 Å². The molecule has 1 N–H and O–H groups in total. The first-order valence-corrected chi connectivity index (χ1v) is 6.40. The lowest BCUT2D eigenvalue weighted by Gasteiger charge is -2.16. The van der Waals surface area contributed by atoms with Crippen molar-refractivity contribution >= 4 is 0 Å². The highest BCUT2D eigenvalue weighted by Gasteiger charge is 2.13. The second-order valence-corrected chi connectivity index (χ2v) is 4.94. The predicted octanol–water partition coefficient (Wildman–Crippen LogP) is 2.40. The number of benzene rings is 1. The van der Waals surface area contributed by atoms with Gasteiger partial charge in [0, 0.05) is 12.6 Å². The Morgan fingerprint density at radius 2 is 2.00 bits per heavy atom. The van der Waals surface area contributed by atoms with Gasteiger partial charge in [-0.3, -0.25) is 0 Å². The first-order chi connectivity index (χ1) is 8.24. The predicted molar refractivity (Wildman–Crippen MR) is 68.4 cm³/mol. The molecule has 17 heavy (non-hydrogen) atoms. The SMILES string of the molecule is CN1CCCC(NCc2ccc(F)cc2)CC1. The molecule has 1 saturated heterocycles. The summed E-state index contributed by atoms with van der Waals surface area (Å²) in [5.41, 5.74) is 1.16. The van der Waals surface area contributed by atoms with Gasteiger partial charge in [-0.2, -0.15) is 0 Å². The van der Waals surface area contributed by atoms with Gasteiger partial charge in [-0.1, -0.05) is 12.1 Å². The summed E-state index contributed by atoms with van der Waals surface area (Å²) in [7, 11) is 2.18. The van der Waals surface area contributed by atoms with E-state index in [1.807, 2.05) is 12.1 Å². The van der Waals surface area contributed by atoms with Crippen LogP contribution in [0.4, 0.5) is 4.39 Å². The quantitative estimate of drug-likeness (QED) is 0.867. The fourth-order valence-electron chi connectivity index (χ4n) is 2.31. The van der Waals surface area contributed by atoms with Crippen molar-refractivity contribution in [1.82, 2.24) is 10.2 Å². The molecule has 0 saturated carbocycles. The summed E-state index contributed by atoms with van der Waals surface area (Å²) in [5.74, 6) is -0.162. The molecule has 1 unspecified atom stereocenters. The van der Waals surface area contributed by atoms with Crippen LogP contribution in [0, 0.1) is 5.82 Å². The average Bonchev–Trinajstić information content (AvgIpc) is 2.54. The Hall–Kier alpha value is -0.930. The fraction of sp³-hybridized carbons (Fsp3) is 0.571. The van der Waals surface area contributed by atoms with Gasteiger partial charge in [0.05, 0.1) is 0 Å². The van der Waals surface area contributed by atoms with E-state index in [0.717, 1.165) is 12.1 Å². The molecule has 1 aromatic carbocycles. The van der Waals surface area contributed by atoms with E-state index in [4.69, 9.17) is 0 Å². The van der Waals surface area contributed by atoms with Gasteiger partial charge in [-0.15, -0.1) is 0 Å². The van der Waals surface area contributed by atoms with Gasteiger partial charge in [-0.05, 0) is 57.1 Å². The van der Waals surface area contributed by atoms with E-state index in [0.29, 0.717) is 6.04 Å². The van der Waals surface area contributed by atoms with Crippen LogP contribution in [0.2, 0.25) is 0 Å². The average molecular weight is 236 g/mol. The normalized spacial score (nSPS) is 22.4. The van der Waals surface area contributed by atoms with Gasteiger partial charge in [0.2, 0.25) is 0 Å². The number of nitrogens with zero attached hydrogens (tertiary/aromatic N) is 1. The number of hydrogen-bond acceptors (Lipinski definition) is 2. The lowest BCUT2D eigenvalue weighted by Crippen LogP contribution is -2.29. The van der Waals surface area contributed by atoms with E-state index in [1.54, 1.807) is 0 Å². The lowest BCUT2D eigenvalue weighted by molar-refractivity contribution is 0.343. The molecule has 1 heterocycles. The Bertz CT molecular complexity index is 337. The van der Waals surface area contributed by atoms with E-state index in [-0.39, 0.29) is 5.82 Å². The monoisotopic (exact) mass is 236 g/mol. The van der Waals surface area contributed by atoms with E-state index < -0.39 is 0 Å². The summed E-state index contributed by atoms with van der Waals surface area (Å²) in [6, 6.07) is 7.36. The molecule has 0 radical (unpaired) electrons. The Balaban J connectivity index is 1.79. The van der Waals surface area contributed by atoms with Crippen LogP contribution in [0.15, 0.2) is 24.3 Å². The van der Waals surface area contributed by atoms with Gasteiger partial charge >= 0.3 is 0 Å². The van der Waals surface area contributed by atoms with E-state index in [9.17, 15) is 4.39 Å². The summed E-state index contributed by atoms with van der Waals surface area (Å²) >= 11 is 0. The third kappa shape index (κ3) is 4.10. The number of halogens is 1. The fourth-order valence-corrected chi connectivity index (χ4v) is 2.31. The first kappa shape index (κ1) is 12.5. The zero-order valence-electron chi connectivity index (χ0n) is 10.5. The molecule has 1 aliphatic heterocycles. The molecule has 0 amide bonds. The summed E-state index contributed by atoms with van der Waals surface area (Å²) < 4.78 is 12.8. The minimum absolute atomic E-state index is 0.162. The molecular weight excluding hydrogens is 215 g/mol. The summed E-state index contributed by atoms with van der Waals surface area (Å²) in [6.07, 6.45) is 3.71. The van der Waals surface area contributed by atoms with Crippen LogP contribution in [-0.2, 0) is 6.54 Å². The zero-order chi connectivity index (χ0) is 12.1. The second-order valence-electron chi connectivity index (χ2n) is 4.94. The van der Waals surface area contributed by atoms with Gasteiger partial charge in [0.15, 0.2) is 0 Å². The smallest absolute Gasteiger partial charge is 0.123 e. The molecule has 1 aromatic rings. The Kier molecular flexibility index (Phi) is 4.51. The molecule has 1 fully saturated rings. The van der Waals surface area contributed by atoms with Gasteiger partial charge in [0.1, 0.15) is 5.82 Å². The van der Waals surface area contributed by atoms with Crippen LogP contribution in [0.5, 0.6) is 0 Å². The van der Waals surface area contributed by atoms with Crippen LogP contribution < -0.4 is 5.32 Å². The lowest BCUT2D eigenvalue weighted by atomic mass is 10.1. The van der Waals surface area contributed by atoms with Crippen LogP contribution in [0.1, 0.15) is 24.8 Å². The highest BCUT2D eigenvalue weighted by molar-refractivity contribution is 5.15. The van der Waals surface area contributed by atoms with Gasteiger partial charge in [-0.25, -0.2) is 4.39 Å². The molecule has 1 atom stereocenters. The summed E-state index contributed by atoms with van der Waals surface area (Å²) in [4.78, 5) is 2.39. The number of nitrogens with one attached hydrogen (secondary N) is 1. The molecule has 0 bridgehead atoms. The first-order valence-electron chi connectivity index (χ1n) is 6.40. The molecule has 2 rings (SSSR count). The zero-order valence-corrected chi connectivity index (χ0v) is 10.5. The van der Waals surface area contributed by atoms with Gasteiger partial charge < -0.3 is 10.2 Å². The Morgan fingerprint density at radius 3 is 2.76 bits per heavy atom. The minimum Gasteiger partial charge on any atom is -0.310 e. The molecular formula is C14H21FN2. The molecule has 94 valence electrons. The standard InChI is InChI=1S/C14H21FN2/c1-17-9-2-3-14(8-10-17)16-11-12-4-6-13(15)7-5-12/h4-7,14,16H,2-3,8-11H2,1H3. The molecule has 0 spiro atoms. The maximum Gasteiger partial charge on any atom is 0.123 e. The van der Waals surface area contributed by atoms with E-state index in [2.05, 4.69) is 17.3 Å². The van der Waals surface area contributed by atoms with Crippen molar-refractivity contribution in [3.05, 3.63) is 35.6 Å². The second kappa shape index (κ2) is 6.12. The van der Waals surface area contributed by atoms with E-state index >= 15 is 0 Å². The molecule has 3 heteroatoms. The van der Waals surface area contributed by atoms with Crippen LogP contribution in [-0.4, -0.2) is 31.1 Å². The van der Waals surface area contributed by atoms with Crippen molar-refractivity contribution in [3.8, 4) is 0 Å². The topological polar surface area (TPSA) is 15.3 Å². The summed E-state index contributed by atoms with van der Waals surface area (Å²) in [6.45, 7) is 3.21. The number of hydrogen-bond donors (Lipinski definition) is 1. The maximum absolute atomic E-state index is 12.8. The largest absolute Gasteiger partial charge is 0.310 e. The molecule has 0 aromatic heterocycles. The highest BCUT2D eigenvalue weighted by atomic mass is 19.1. The molecule has 0 aliphatic carbocycles. The van der Waals surface area contributed by atoms with Crippen molar-refractivity contribution in [1.29, 1.82) is 0 Å². The maximum atomic E-state index is 12.8. The Labute approximate surface area is 103 Å².